The highest BCUT2D eigenvalue weighted by molar-refractivity contribution is 9.10. The van der Waals surface area contributed by atoms with Crippen LogP contribution in [0.5, 0.6) is 0 Å². The monoisotopic (exact) mass is 220 g/mol. The molecule has 0 saturated heterocycles. The molecule has 68 valence electrons. The fraction of sp³-hybridized carbons (Fsp3) is 1.00. The lowest BCUT2D eigenvalue weighted by molar-refractivity contribution is 0.265. The van der Waals surface area contributed by atoms with Crippen molar-refractivity contribution in [2.24, 2.45) is 17.8 Å². The lowest BCUT2D eigenvalue weighted by atomic mass is 9.77. The molecule has 0 saturated carbocycles. The summed E-state index contributed by atoms with van der Waals surface area (Å²) in [5.74, 6) is 2.09. The van der Waals surface area contributed by atoms with E-state index in [2.05, 4.69) is 57.5 Å². The summed E-state index contributed by atoms with van der Waals surface area (Å²) >= 11 is 3.88. The quantitative estimate of drug-likeness (QED) is 0.629. The van der Waals surface area contributed by atoms with Crippen molar-refractivity contribution < 1.29 is 0 Å². The molecule has 0 aliphatic rings. The second kappa shape index (κ2) is 3.93. The zero-order valence-electron chi connectivity index (χ0n) is 8.61. The number of hydrogen-bond donors (Lipinski definition) is 0. The molecule has 0 fully saturated rings. The molecule has 0 N–H and O–H groups in total. The van der Waals surface area contributed by atoms with Crippen molar-refractivity contribution in [1.29, 1.82) is 0 Å². The minimum absolute atomic E-state index is 0.312. The van der Waals surface area contributed by atoms with Gasteiger partial charge in [0.05, 0.1) is 0 Å². The maximum Gasteiger partial charge on any atom is 0.0326 e. The van der Waals surface area contributed by atoms with Crippen LogP contribution in [0.25, 0.3) is 0 Å². The summed E-state index contributed by atoms with van der Waals surface area (Å²) in [6.45, 7) is 13.7. The summed E-state index contributed by atoms with van der Waals surface area (Å²) < 4.78 is 0.312. The third-order valence-corrected chi connectivity index (χ3v) is 5.40. The second-order valence-corrected chi connectivity index (χ2v) is 5.66. The van der Waals surface area contributed by atoms with E-state index in [1.807, 2.05) is 0 Å². The normalized spacial score (nSPS) is 13.6. The van der Waals surface area contributed by atoms with Gasteiger partial charge in [-0.15, -0.1) is 0 Å². The van der Waals surface area contributed by atoms with Gasteiger partial charge in [-0.25, -0.2) is 0 Å². The molecular formula is C10H21Br. The van der Waals surface area contributed by atoms with Gasteiger partial charge in [0.15, 0.2) is 0 Å². The maximum atomic E-state index is 3.88. The summed E-state index contributed by atoms with van der Waals surface area (Å²) in [5.41, 5.74) is 0. The molecule has 0 aromatic carbocycles. The Morgan fingerprint density at radius 1 is 0.727 bits per heavy atom. The van der Waals surface area contributed by atoms with Crippen LogP contribution in [0, 0.1) is 17.8 Å². The predicted octanol–water partition coefficient (Wildman–Crippen LogP) is 4.09. The summed E-state index contributed by atoms with van der Waals surface area (Å²) in [6, 6.07) is 0. The van der Waals surface area contributed by atoms with Gasteiger partial charge in [0.1, 0.15) is 0 Å². The van der Waals surface area contributed by atoms with E-state index in [-0.39, 0.29) is 0 Å². The van der Waals surface area contributed by atoms with Gasteiger partial charge >= 0.3 is 0 Å². The molecule has 0 rings (SSSR count). The van der Waals surface area contributed by atoms with Gasteiger partial charge in [0.2, 0.25) is 0 Å². The van der Waals surface area contributed by atoms with Crippen molar-refractivity contribution in [3.63, 3.8) is 0 Å². The third kappa shape index (κ3) is 2.21. The number of halogens is 1. The molecule has 0 spiro atoms. The highest BCUT2D eigenvalue weighted by Crippen LogP contribution is 2.41. The van der Waals surface area contributed by atoms with Crippen LogP contribution in [0.2, 0.25) is 0 Å². The lowest BCUT2D eigenvalue weighted by Gasteiger charge is -2.39. The maximum absolute atomic E-state index is 3.88. The highest BCUT2D eigenvalue weighted by atomic mass is 79.9. The lowest BCUT2D eigenvalue weighted by Crippen LogP contribution is -2.39. The minimum atomic E-state index is 0.312. The first kappa shape index (κ1) is 11.5. The fourth-order valence-corrected chi connectivity index (χ4v) is 2.00. The van der Waals surface area contributed by atoms with Crippen molar-refractivity contribution in [2.45, 2.75) is 45.9 Å². The summed E-state index contributed by atoms with van der Waals surface area (Å²) in [5, 5.41) is 0. The molecule has 0 nitrogen and oxygen atoms in total. The average Bonchev–Trinajstić information content (AvgIpc) is 1.84. The molecule has 0 bridgehead atoms. The first-order valence-electron chi connectivity index (χ1n) is 4.52. The molecule has 0 heterocycles. The summed E-state index contributed by atoms with van der Waals surface area (Å²) in [4.78, 5) is 0. The van der Waals surface area contributed by atoms with Crippen LogP contribution in [0.3, 0.4) is 0 Å². The van der Waals surface area contributed by atoms with Gasteiger partial charge in [-0.1, -0.05) is 57.5 Å². The molecule has 0 aliphatic heterocycles. The molecule has 0 atom stereocenters. The van der Waals surface area contributed by atoms with E-state index in [9.17, 15) is 0 Å². The third-order valence-electron chi connectivity index (χ3n) is 2.65. The summed E-state index contributed by atoms with van der Waals surface area (Å²) in [6.07, 6.45) is 0. The molecule has 0 aromatic heterocycles. The Labute approximate surface area is 79.9 Å². The van der Waals surface area contributed by atoms with Crippen LogP contribution in [-0.4, -0.2) is 4.32 Å². The Kier molecular flexibility index (Phi) is 4.10. The molecule has 0 aromatic rings. The SMILES string of the molecule is CC(C)C(Br)(C(C)C)C(C)C. The van der Waals surface area contributed by atoms with E-state index in [0.29, 0.717) is 22.1 Å². The van der Waals surface area contributed by atoms with Gasteiger partial charge in [-0.2, -0.15) is 0 Å². The Bertz CT molecular complexity index is 92.3. The smallest absolute Gasteiger partial charge is 0.0326 e. The number of alkyl halides is 1. The zero-order valence-corrected chi connectivity index (χ0v) is 10.2. The van der Waals surface area contributed by atoms with Crippen LogP contribution in [0.15, 0.2) is 0 Å². The van der Waals surface area contributed by atoms with Crippen LogP contribution >= 0.6 is 15.9 Å². The molecule has 11 heavy (non-hydrogen) atoms. The molecule has 0 radical (unpaired) electrons. The van der Waals surface area contributed by atoms with E-state index < -0.39 is 0 Å². The van der Waals surface area contributed by atoms with Gasteiger partial charge in [0, 0.05) is 4.32 Å². The van der Waals surface area contributed by atoms with E-state index in [0.717, 1.165) is 0 Å². The van der Waals surface area contributed by atoms with E-state index in [1.54, 1.807) is 0 Å². The van der Waals surface area contributed by atoms with E-state index in [1.165, 1.54) is 0 Å². The molecule has 0 unspecified atom stereocenters. The first-order valence-corrected chi connectivity index (χ1v) is 5.31. The van der Waals surface area contributed by atoms with Crippen LogP contribution in [-0.2, 0) is 0 Å². The molecular weight excluding hydrogens is 200 g/mol. The summed E-state index contributed by atoms with van der Waals surface area (Å²) in [7, 11) is 0. The first-order chi connectivity index (χ1) is 4.83. The van der Waals surface area contributed by atoms with Gasteiger partial charge in [0.25, 0.3) is 0 Å². The van der Waals surface area contributed by atoms with Crippen molar-refractivity contribution in [1.82, 2.24) is 0 Å². The van der Waals surface area contributed by atoms with Crippen LogP contribution in [0.4, 0.5) is 0 Å². The van der Waals surface area contributed by atoms with Crippen LogP contribution in [0.1, 0.15) is 41.5 Å². The minimum Gasteiger partial charge on any atom is -0.0845 e. The number of rotatable bonds is 3. The van der Waals surface area contributed by atoms with Gasteiger partial charge in [-0.3, -0.25) is 0 Å². The Morgan fingerprint density at radius 2 is 0.909 bits per heavy atom. The Morgan fingerprint density at radius 3 is 0.909 bits per heavy atom. The Hall–Kier alpha value is 0.480. The fourth-order valence-electron chi connectivity index (χ4n) is 2.00. The second-order valence-electron chi connectivity index (χ2n) is 4.29. The topological polar surface area (TPSA) is 0 Å². The van der Waals surface area contributed by atoms with E-state index >= 15 is 0 Å². The molecule has 0 aliphatic carbocycles. The molecule has 1 heteroatoms. The van der Waals surface area contributed by atoms with E-state index in [4.69, 9.17) is 0 Å². The highest BCUT2D eigenvalue weighted by Gasteiger charge is 2.36. The van der Waals surface area contributed by atoms with Crippen molar-refractivity contribution in [3.05, 3.63) is 0 Å². The van der Waals surface area contributed by atoms with Crippen LogP contribution < -0.4 is 0 Å². The average molecular weight is 221 g/mol. The largest absolute Gasteiger partial charge is 0.0845 e. The number of hydrogen-bond acceptors (Lipinski definition) is 0. The van der Waals surface area contributed by atoms with Gasteiger partial charge < -0.3 is 0 Å². The van der Waals surface area contributed by atoms with Crippen molar-refractivity contribution in [3.8, 4) is 0 Å². The predicted molar refractivity (Wildman–Crippen MR) is 56.2 cm³/mol. The molecule has 0 amide bonds. The van der Waals surface area contributed by atoms with Gasteiger partial charge in [-0.05, 0) is 17.8 Å². The zero-order chi connectivity index (χ0) is 9.23. The van der Waals surface area contributed by atoms with Crippen molar-refractivity contribution >= 4 is 15.9 Å². The standard InChI is InChI=1S/C10H21Br/c1-7(2)10(11,8(3)4)9(5)6/h7-9H,1-6H3. The van der Waals surface area contributed by atoms with Crippen molar-refractivity contribution in [2.75, 3.05) is 0 Å². The Balaban J connectivity index is 4.53.